The van der Waals surface area contributed by atoms with Gasteiger partial charge in [-0.25, -0.2) is 0 Å². The Balaban J connectivity index is 0. The van der Waals surface area contributed by atoms with Crippen LogP contribution in [0.5, 0.6) is 0 Å². The Labute approximate surface area is 151 Å². The molecular formula is C15H39NO6Si2. The molecule has 1 atom stereocenters. The molecule has 0 amide bonds. The van der Waals surface area contributed by atoms with Crippen LogP contribution in [0.4, 0.5) is 0 Å². The maximum atomic E-state index is 6.00. The molecular weight excluding hydrogens is 346 g/mol. The third-order valence-electron chi connectivity index (χ3n) is 2.84. The van der Waals surface area contributed by atoms with E-state index < -0.39 is 18.3 Å². The highest BCUT2D eigenvalue weighted by Crippen LogP contribution is 2.15. The van der Waals surface area contributed by atoms with Gasteiger partial charge in [0, 0.05) is 39.6 Å². The molecule has 0 aliphatic heterocycles. The van der Waals surface area contributed by atoms with Crippen LogP contribution in [0, 0.1) is 0 Å². The van der Waals surface area contributed by atoms with Gasteiger partial charge in [-0.05, 0) is 48.0 Å². The summed E-state index contributed by atoms with van der Waals surface area (Å²) >= 11 is 0. The van der Waals surface area contributed by atoms with Gasteiger partial charge in [-0.1, -0.05) is 6.92 Å². The molecule has 0 radical (unpaired) electrons. The lowest BCUT2D eigenvalue weighted by Gasteiger charge is -2.32. The summed E-state index contributed by atoms with van der Waals surface area (Å²) < 4.78 is 32.5. The van der Waals surface area contributed by atoms with Gasteiger partial charge < -0.3 is 32.3 Å². The lowest BCUT2D eigenvalue weighted by atomic mass is 10.5. The molecule has 148 valence electrons. The van der Waals surface area contributed by atoms with E-state index in [1.807, 2.05) is 48.5 Å². The molecule has 0 aliphatic rings. The molecule has 0 fully saturated rings. The molecule has 0 aliphatic carbocycles. The molecule has 0 rings (SSSR count). The van der Waals surface area contributed by atoms with Crippen molar-refractivity contribution in [2.24, 2.45) is 5.73 Å². The molecule has 7 nitrogen and oxygen atoms in total. The number of nitrogens with two attached hydrogens (primary N) is 1. The monoisotopic (exact) mass is 385 g/mol. The summed E-state index contributed by atoms with van der Waals surface area (Å²) in [6, 6.07) is 0. The fourth-order valence-electron chi connectivity index (χ4n) is 1.85. The van der Waals surface area contributed by atoms with E-state index in [1.165, 1.54) is 0 Å². The number of hydrogen-bond acceptors (Lipinski definition) is 7. The highest BCUT2D eigenvalue weighted by atomic mass is 28.4. The van der Waals surface area contributed by atoms with Gasteiger partial charge in [-0.3, -0.25) is 0 Å². The Bertz CT molecular complexity index is 233. The van der Waals surface area contributed by atoms with Crippen LogP contribution >= 0.6 is 0 Å². The highest BCUT2D eigenvalue weighted by molar-refractivity contribution is 6.62. The summed E-state index contributed by atoms with van der Waals surface area (Å²) in [6.45, 7) is 17.4. The van der Waals surface area contributed by atoms with Crippen LogP contribution in [-0.4, -0.2) is 63.6 Å². The van der Waals surface area contributed by atoms with E-state index in [9.17, 15) is 0 Å². The van der Waals surface area contributed by atoms with E-state index in [-0.39, 0.29) is 5.67 Å². The molecule has 0 aromatic rings. The van der Waals surface area contributed by atoms with Gasteiger partial charge >= 0.3 is 18.3 Å². The maximum absolute atomic E-state index is 6.00. The maximum Gasteiger partial charge on any atom is 0.518 e. The number of rotatable bonds is 14. The molecule has 0 saturated carbocycles. The first-order chi connectivity index (χ1) is 11.5. The van der Waals surface area contributed by atoms with Crippen LogP contribution in [-0.2, 0) is 26.6 Å². The summed E-state index contributed by atoms with van der Waals surface area (Å²) in [7, 11) is -4.35. The van der Waals surface area contributed by atoms with Crippen LogP contribution < -0.4 is 5.73 Å². The number of hydrogen-bond donors (Lipinski definition) is 1. The second kappa shape index (κ2) is 18.0. The normalized spacial score (nSPS) is 12.9. The van der Waals surface area contributed by atoms with Gasteiger partial charge in [-0.15, -0.1) is 0 Å². The van der Waals surface area contributed by atoms with E-state index in [4.69, 9.17) is 32.3 Å². The minimum Gasteiger partial charge on any atom is -0.376 e. The minimum absolute atomic E-state index is 0.123. The van der Waals surface area contributed by atoms with Crippen molar-refractivity contribution in [3.63, 3.8) is 0 Å². The van der Waals surface area contributed by atoms with E-state index in [0.29, 0.717) is 39.6 Å². The zero-order chi connectivity index (χ0) is 18.8. The molecule has 0 saturated heterocycles. The Hall–Kier alpha value is 0.154. The predicted octanol–water partition coefficient (Wildman–Crippen LogP) is 2.12. The molecule has 0 aromatic heterocycles. The Kier molecular flexibility index (Phi) is 19.7. The van der Waals surface area contributed by atoms with Crippen molar-refractivity contribution in [3.8, 4) is 0 Å². The van der Waals surface area contributed by atoms with Crippen molar-refractivity contribution < 1.29 is 26.6 Å². The minimum atomic E-state index is -2.62. The van der Waals surface area contributed by atoms with Crippen molar-refractivity contribution in [2.45, 2.75) is 60.6 Å². The quantitative estimate of drug-likeness (QED) is 0.459. The first-order valence-corrected chi connectivity index (χ1v) is 12.2. The molecule has 0 bridgehead atoms. The molecule has 2 N–H and O–H groups in total. The molecule has 9 heteroatoms. The lowest BCUT2D eigenvalue weighted by molar-refractivity contribution is 0.0618. The topological polar surface area (TPSA) is 81.4 Å². The first-order valence-electron chi connectivity index (χ1n) is 9.03. The molecule has 24 heavy (non-hydrogen) atoms. The van der Waals surface area contributed by atoms with E-state index in [1.54, 1.807) is 0 Å². The van der Waals surface area contributed by atoms with Crippen LogP contribution in [0.15, 0.2) is 0 Å². The second-order valence-electron chi connectivity index (χ2n) is 4.57. The van der Waals surface area contributed by atoms with E-state index >= 15 is 0 Å². The zero-order valence-electron chi connectivity index (χ0n) is 16.6. The van der Waals surface area contributed by atoms with Crippen molar-refractivity contribution in [1.29, 1.82) is 0 Å². The van der Waals surface area contributed by atoms with Crippen molar-refractivity contribution in [2.75, 3.05) is 39.6 Å². The first kappa shape index (κ1) is 26.4. The van der Waals surface area contributed by atoms with Crippen molar-refractivity contribution >= 4 is 18.3 Å². The SMILES string of the molecule is CCO[SiH](OCC)OCC.CCO[Si](OCC)(OCC)C(N)CC. The predicted molar refractivity (Wildman–Crippen MR) is 101 cm³/mol. The average Bonchev–Trinajstić information content (AvgIpc) is 2.56. The average molecular weight is 386 g/mol. The Morgan fingerprint density at radius 1 is 0.667 bits per heavy atom. The van der Waals surface area contributed by atoms with Gasteiger partial charge in [0.15, 0.2) is 0 Å². The second-order valence-corrected chi connectivity index (χ2v) is 8.96. The van der Waals surface area contributed by atoms with Crippen LogP contribution in [0.1, 0.15) is 54.9 Å². The highest BCUT2D eigenvalue weighted by Gasteiger charge is 2.46. The lowest BCUT2D eigenvalue weighted by Crippen LogP contribution is -2.60. The van der Waals surface area contributed by atoms with Gasteiger partial charge in [0.1, 0.15) is 0 Å². The van der Waals surface area contributed by atoms with Crippen molar-refractivity contribution in [1.82, 2.24) is 0 Å². The van der Waals surface area contributed by atoms with Crippen LogP contribution in [0.3, 0.4) is 0 Å². The van der Waals surface area contributed by atoms with Gasteiger partial charge in [0.2, 0.25) is 0 Å². The van der Waals surface area contributed by atoms with Crippen LogP contribution in [0.2, 0.25) is 0 Å². The molecule has 1 unspecified atom stereocenters. The largest absolute Gasteiger partial charge is 0.518 e. The third-order valence-corrected chi connectivity index (χ3v) is 8.04. The summed E-state index contributed by atoms with van der Waals surface area (Å²) in [6.07, 6.45) is 0.812. The summed E-state index contributed by atoms with van der Waals surface area (Å²) in [4.78, 5) is 0. The summed E-state index contributed by atoms with van der Waals surface area (Å²) in [5.41, 5.74) is 5.87. The Morgan fingerprint density at radius 3 is 1.21 bits per heavy atom. The molecule has 0 heterocycles. The van der Waals surface area contributed by atoms with Gasteiger partial charge in [-0.2, -0.15) is 0 Å². The third kappa shape index (κ3) is 11.7. The fourth-order valence-corrected chi connectivity index (χ4v) is 5.56. The summed E-state index contributed by atoms with van der Waals surface area (Å²) in [5, 5.41) is 0. The van der Waals surface area contributed by atoms with Gasteiger partial charge in [0.25, 0.3) is 0 Å². The van der Waals surface area contributed by atoms with E-state index in [2.05, 4.69) is 0 Å². The standard InChI is InChI=1S/C9H23NO3Si.C6H16O3Si/c1-5-9(10)14(11-6-2,12-7-3)13-8-4;1-4-7-10(8-5-2)9-6-3/h9H,5-8,10H2,1-4H3;10H,4-6H2,1-3H3. The van der Waals surface area contributed by atoms with Gasteiger partial charge in [0.05, 0.1) is 5.67 Å². The molecule has 0 aromatic carbocycles. The van der Waals surface area contributed by atoms with E-state index in [0.717, 1.165) is 6.42 Å². The zero-order valence-corrected chi connectivity index (χ0v) is 18.8. The van der Waals surface area contributed by atoms with Crippen molar-refractivity contribution in [3.05, 3.63) is 0 Å². The van der Waals surface area contributed by atoms with Crippen LogP contribution in [0.25, 0.3) is 0 Å². The summed E-state index contributed by atoms with van der Waals surface area (Å²) in [5.74, 6) is 0. The Morgan fingerprint density at radius 2 is 1.00 bits per heavy atom. The molecule has 0 spiro atoms. The fraction of sp³-hybridized carbons (Fsp3) is 1.00. The smallest absolute Gasteiger partial charge is 0.376 e.